The number of nitrogens with zero attached hydrogens (tertiary/aromatic N) is 1. The largest absolute Gasteiger partial charge is 0.433 e. The van der Waals surface area contributed by atoms with Crippen LogP contribution in [0.2, 0.25) is 0 Å². The van der Waals surface area contributed by atoms with Gasteiger partial charge in [0.05, 0.1) is 0 Å². The van der Waals surface area contributed by atoms with Crippen LogP contribution in [0.15, 0.2) is 18.2 Å². The molecule has 1 N–H and O–H groups in total. The Kier molecular flexibility index (Phi) is 3.26. The van der Waals surface area contributed by atoms with E-state index in [1.54, 1.807) is 6.07 Å². The van der Waals surface area contributed by atoms with Gasteiger partial charge in [-0.2, -0.15) is 13.2 Å². The molecule has 0 radical (unpaired) electrons. The first-order chi connectivity index (χ1) is 7.95. The van der Waals surface area contributed by atoms with E-state index in [1.165, 1.54) is 6.07 Å². The summed E-state index contributed by atoms with van der Waals surface area (Å²) in [5.74, 6) is 0.956. The molecule has 2 unspecified atom stereocenters. The molecule has 1 aliphatic carbocycles. The lowest BCUT2D eigenvalue weighted by Gasteiger charge is -2.14. The summed E-state index contributed by atoms with van der Waals surface area (Å²) in [4.78, 5) is 3.60. The topological polar surface area (TPSA) is 24.9 Å². The molecular weight excluding hydrogens is 229 g/mol. The van der Waals surface area contributed by atoms with E-state index < -0.39 is 11.9 Å². The van der Waals surface area contributed by atoms with Gasteiger partial charge in [-0.1, -0.05) is 13.0 Å². The molecule has 1 aromatic rings. The molecule has 2 rings (SSSR count). The zero-order chi connectivity index (χ0) is 12.5. The maximum atomic E-state index is 12.5. The summed E-state index contributed by atoms with van der Waals surface area (Å²) in [5.41, 5.74) is -0.839. The molecule has 17 heavy (non-hydrogen) atoms. The average molecular weight is 244 g/mol. The first-order valence-electron chi connectivity index (χ1n) is 5.76. The predicted molar refractivity (Wildman–Crippen MR) is 59.7 cm³/mol. The second-order valence-electron chi connectivity index (χ2n) is 4.67. The van der Waals surface area contributed by atoms with Gasteiger partial charge in [0.15, 0.2) is 0 Å². The number of alkyl halides is 3. The molecule has 2 atom stereocenters. The van der Waals surface area contributed by atoms with Crippen molar-refractivity contribution in [1.82, 2.24) is 4.98 Å². The number of aromatic nitrogens is 1. The van der Waals surface area contributed by atoms with Crippen molar-refractivity contribution in [1.29, 1.82) is 0 Å². The highest BCUT2D eigenvalue weighted by Gasteiger charge is 2.32. The molecule has 0 aliphatic heterocycles. The van der Waals surface area contributed by atoms with Gasteiger partial charge < -0.3 is 5.32 Å². The highest BCUT2D eigenvalue weighted by molar-refractivity contribution is 5.37. The minimum absolute atomic E-state index is 0.251. The van der Waals surface area contributed by atoms with Crippen LogP contribution >= 0.6 is 0 Å². The maximum Gasteiger partial charge on any atom is 0.433 e. The second kappa shape index (κ2) is 4.55. The van der Waals surface area contributed by atoms with Crippen LogP contribution in [0.3, 0.4) is 0 Å². The number of halogens is 3. The van der Waals surface area contributed by atoms with Crippen molar-refractivity contribution in [2.75, 3.05) is 5.32 Å². The fourth-order valence-corrected chi connectivity index (χ4v) is 2.22. The lowest BCUT2D eigenvalue weighted by Crippen LogP contribution is -2.17. The fraction of sp³-hybridized carbons (Fsp3) is 0.583. The molecular formula is C12H15F3N2. The summed E-state index contributed by atoms with van der Waals surface area (Å²) >= 11 is 0. The average Bonchev–Trinajstić information content (AvgIpc) is 2.63. The Morgan fingerprint density at radius 1 is 1.29 bits per heavy atom. The Balaban J connectivity index is 2.06. The third-order valence-electron chi connectivity index (χ3n) is 3.09. The number of nitrogens with one attached hydrogen (secondary N) is 1. The van der Waals surface area contributed by atoms with E-state index in [4.69, 9.17) is 0 Å². The first-order valence-corrected chi connectivity index (χ1v) is 5.76. The highest BCUT2D eigenvalue weighted by Crippen LogP contribution is 2.30. The number of pyridine rings is 1. The normalized spacial score (nSPS) is 24.9. The maximum absolute atomic E-state index is 12.5. The third-order valence-corrected chi connectivity index (χ3v) is 3.09. The molecule has 94 valence electrons. The quantitative estimate of drug-likeness (QED) is 0.858. The summed E-state index contributed by atoms with van der Waals surface area (Å²) < 4.78 is 37.4. The second-order valence-corrected chi connectivity index (χ2v) is 4.67. The summed E-state index contributed by atoms with van der Waals surface area (Å²) in [6.07, 6.45) is -1.26. The van der Waals surface area contributed by atoms with Gasteiger partial charge in [-0.15, -0.1) is 0 Å². The molecule has 5 heteroatoms. The van der Waals surface area contributed by atoms with Crippen LogP contribution in [0.5, 0.6) is 0 Å². The molecule has 1 aromatic heterocycles. The van der Waals surface area contributed by atoms with Crippen LogP contribution in [0.1, 0.15) is 31.9 Å². The smallest absolute Gasteiger partial charge is 0.367 e. The van der Waals surface area contributed by atoms with Crippen LogP contribution in [0, 0.1) is 5.92 Å². The molecule has 0 bridgehead atoms. The van der Waals surface area contributed by atoms with Crippen LogP contribution in [-0.4, -0.2) is 11.0 Å². The lowest BCUT2D eigenvalue weighted by molar-refractivity contribution is -0.141. The lowest BCUT2D eigenvalue weighted by atomic mass is 10.1. The van der Waals surface area contributed by atoms with Crippen LogP contribution in [0.4, 0.5) is 19.0 Å². The van der Waals surface area contributed by atoms with Crippen LogP contribution < -0.4 is 5.32 Å². The number of anilines is 1. The molecule has 0 amide bonds. The monoisotopic (exact) mass is 244 g/mol. The Hall–Kier alpha value is -1.26. The molecule has 0 saturated heterocycles. The van der Waals surface area contributed by atoms with Crippen molar-refractivity contribution in [2.45, 2.75) is 38.4 Å². The fourth-order valence-electron chi connectivity index (χ4n) is 2.22. The van der Waals surface area contributed by atoms with E-state index in [0.717, 1.165) is 25.3 Å². The van der Waals surface area contributed by atoms with Gasteiger partial charge in [0.1, 0.15) is 11.5 Å². The molecule has 2 nitrogen and oxygen atoms in total. The van der Waals surface area contributed by atoms with Crippen molar-refractivity contribution in [3.8, 4) is 0 Å². The SMILES string of the molecule is CC1CCC(Nc2cccc(C(F)(F)F)n2)C1. The molecule has 0 aromatic carbocycles. The number of rotatable bonds is 2. The van der Waals surface area contributed by atoms with E-state index in [9.17, 15) is 13.2 Å². The zero-order valence-electron chi connectivity index (χ0n) is 9.59. The number of hydrogen-bond donors (Lipinski definition) is 1. The van der Waals surface area contributed by atoms with Gasteiger partial charge >= 0.3 is 6.18 Å². The molecule has 1 aliphatic rings. The van der Waals surface area contributed by atoms with Gasteiger partial charge in [-0.05, 0) is 37.3 Å². The van der Waals surface area contributed by atoms with Crippen molar-refractivity contribution in [3.63, 3.8) is 0 Å². The van der Waals surface area contributed by atoms with Crippen LogP contribution in [0.25, 0.3) is 0 Å². The van der Waals surface area contributed by atoms with Gasteiger partial charge in [0.25, 0.3) is 0 Å². The Bertz CT molecular complexity index is 390. The summed E-state index contributed by atoms with van der Waals surface area (Å²) in [6.45, 7) is 2.15. The van der Waals surface area contributed by atoms with Gasteiger partial charge in [-0.3, -0.25) is 0 Å². The third kappa shape index (κ3) is 3.11. The Morgan fingerprint density at radius 3 is 2.65 bits per heavy atom. The Morgan fingerprint density at radius 2 is 2.06 bits per heavy atom. The molecule has 1 heterocycles. The van der Waals surface area contributed by atoms with Crippen molar-refractivity contribution in [3.05, 3.63) is 23.9 Å². The van der Waals surface area contributed by atoms with Crippen molar-refractivity contribution < 1.29 is 13.2 Å². The van der Waals surface area contributed by atoms with E-state index in [2.05, 4.69) is 17.2 Å². The summed E-state index contributed by atoms with van der Waals surface area (Å²) in [5, 5.41) is 3.07. The van der Waals surface area contributed by atoms with E-state index in [1.807, 2.05) is 0 Å². The minimum atomic E-state index is -4.37. The number of hydrogen-bond acceptors (Lipinski definition) is 2. The standard InChI is InChI=1S/C12H15F3N2/c1-8-5-6-9(7-8)16-11-4-2-3-10(17-11)12(13,14)15/h2-4,8-9H,5-7H2,1H3,(H,16,17). The minimum Gasteiger partial charge on any atom is -0.367 e. The molecule has 0 spiro atoms. The van der Waals surface area contributed by atoms with E-state index in [0.29, 0.717) is 11.7 Å². The van der Waals surface area contributed by atoms with Crippen LogP contribution in [-0.2, 0) is 6.18 Å². The highest BCUT2D eigenvalue weighted by atomic mass is 19.4. The molecule has 1 saturated carbocycles. The first kappa shape index (κ1) is 12.2. The summed E-state index contributed by atoms with van der Waals surface area (Å²) in [7, 11) is 0. The van der Waals surface area contributed by atoms with Crippen molar-refractivity contribution >= 4 is 5.82 Å². The predicted octanol–water partition coefficient (Wildman–Crippen LogP) is 3.70. The van der Waals surface area contributed by atoms with Gasteiger partial charge in [-0.25, -0.2) is 4.98 Å². The summed E-state index contributed by atoms with van der Waals surface area (Å²) in [6, 6.07) is 4.21. The van der Waals surface area contributed by atoms with E-state index >= 15 is 0 Å². The molecule has 1 fully saturated rings. The zero-order valence-corrected chi connectivity index (χ0v) is 9.59. The van der Waals surface area contributed by atoms with Crippen molar-refractivity contribution in [2.24, 2.45) is 5.92 Å². The van der Waals surface area contributed by atoms with Gasteiger partial charge in [0.2, 0.25) is 0 Å². The van der Waals surface area contributed by atoms with E-state index in [-0.39, 0.29) is 6.04 Å². The Labute approximate surface area is 98.2 Å². The van der Waals surface area contributed by atoms with Gasteiger partial charge in [0, 0.05) is 6.04 Å².